The molecule has 21 heavy (non-hydrogen) atoms. The Morgan fingerprint density at radius 3 is 2.95 bits per heavy atom. The summed E-state index contributed by atoms with van der Waals surface area (Å²) in [5.74, 6) is 1.52. The number of hydrogen-bond acceptors (Lipinski definition) is 4. The van der Waals surface area contributed by atoms with Gasteiger partial charge in [-0.1, -0.05) is 37.8 Å². The van der Waals surface area contributed by atoms with E-state index in [2.05, 4.69) is 22.4 Å². The topological polar surface area (TPSA) is 69.6 Å². The number of rotatable bonds is 3. The predicted octanol–water partition coefficient (Wildman–Crippen LogP) is 3.72. The van der Waals surface area contributed by atoms with Gasteiger partial charge in [-0.05, 0) is 47.4 Å². The van der Waals surface area contributed by atoms with E-state index < -0.39 is 0 Å². The third-order valence-corrected chi connectivity index (χ3v) is 4.57. The fraction of sp³-hybridized carbons (Fsp3) is 0.533. The van der Waals surface area contributed by atoms with Crippen LogP contribution in [-0.2, 0) is 0 Å². The molecule has 2 aromatic rings. The molecule has 0 radical (unpaired) electrons. The number of aromatic nitrogens is 4. The van der Waals surface area contributed by atoms with Crippen LogP contribution >= 0.6 is 11.6 Å². The first-order chi connectivity index (χ1) is 10.2. The first-order valence-corrected chi connectivity index (χ1v) is 7.89. The van der Waals surface area contributed by atoms with Crippen LogP contribution in [0.25, 0.3) is 11.4 Å². The summed E-state index contributed by atoms with van der Waals surface area (Å²) in [6.45, 7) is 2.26. The number of hydrogen-bond donors (Lipinski definition) is 1. The van der Waals surface area contributed by atoms with Crippen molar-refractivity contribution >= 4 is 17.3 Å². The zero-order chi connectivity index (χ0) is 14.8. The van der Waals surface area contributed by atoms with Crippen molar-refractivity contribution in [2.24, 2.45) is 5.92 Å². The van der Waals surface area contributed by atoms with Crippen molar-refractivity contribution in [3.05, 3.63) is 23.2 Å². The summed E-state index contributed by atoms with van der Waals surface area (Å²) >= 11 is 6.09. The molecule has 1 aromatic heterocycles. The third kappa shape index (κ3) is 3.02. The Balaban J connectivity index is 1.93. The highest BCUT2D eigenvalue weighted by Gasteiger charge is 2.25. The normalized spacial score (nSPS) is 22.4. The highest BCUT2D eigenvalue weighted by Crippen LogP contribution is 2.36. The smallest absolute Gasteiger partial charge is 0.182 e. The molecule has 6 heteroatoms. The van der Waals surface area contributed by atoms with Crippen molar-refractivity contribution < 1.29 is 0 Å². The van der Waals surface area contributed by atoms with Gasteiger partial charge in [0.15, 0.2) is 5.82 Å². The van der Waals surface area contributed by atoms with Crippen molar-refractivity contribution in [3.8, 4) is 11.4 Å². The highest BCUT2D eigenvalue weighted by molar-refractivity contribution is 6.31. The average Bonchev–Trinajstić information content (AvgIpc) is 2.96. The third-order valence-electron chi connectivity index (χ3n) is 4.35. The number of benzene rings is 1. The summed E-state index contributed by atoms with van der Waals surface area (Å²) in [7, 11) is 0. The van der Waals surface area contributed by atoms with E-state index in [1.807, 2.05) is 16.8 Å². The van der Waals surface area contributed by atoms with Crippen LogP contribution in [0.15, 0.2) is 18.2 Å². The number of nitrogens with two attached hydrogens (primary N) is 1. The van der Waals surface area contributed by atoms with Gasteiger partial charge in [0.05, 0.1) is 6.04 Å². The first kappa shape index (κ1) is 14.3. The van der Waals surface area contributed by atoms with Gasteiger partial charge in [0, 0.05) is 16.3 Å². The Morgan fingerprint density at radius 1 is 1.33 bits per heavy atom. The molecule has 5 nitrogen and oxygen atoms in total. The van der Waals surface area contributed by atoms with E-state index in [9.17, 15) is 0 Å². The Hall–Kier alpha value is -1.62. The fourth-order valence-electron chi connectivity index (χ4n) is 3.23. The minimum absolute atomic E-state index is 0.369. The van der Waals surface area contributed by atoms with Gasteiger partial charge in [0.1, 0.15) is 0 Å². The molecule has 2 N–H and O–H groups in total. The lowest BCUT2D eigenvalue weighted by atomic mass is 9.84. The van der Waals surface area contributed by atoms with Crippen LogP contribution in [0.5, 0.6) is 0 Å². The van der Waals surface area contributed by atoms with Gasteiger partial charge in [0.25, 0.3) is 0 Å². The van der Waals surface area contributed by atoms with Crippen LogP contribution in [0.1, 0.15) is 45.1 Å². The standard InChI is InChI=1S/C15H20ClN5/c1-2-10-4-3-5-14(6-10)21-15(18-19-20-21)11-7-12(16)9-13(17)8-11/h7-10,14H,2-6,17H2,1H3. The molecule has 0 saturated heterocycles. The summed E-state index contributed by atoms with van der Waals surface area (Å²) in [5.41, 5.74) is 7.38. The Labute approximate surface area is 129 Å². The molecule has 0 bridgehead atoms. The lowest BCUT2D eigenvalue weighted by Gasteiger charge is -2.28. The van der Waals surface area contributed by atoms with Gasteiger partial charge in [-0.15, -0.1) is 5.10 Å². The molecule has 0 spiro atoms. The fourth-order valence-corrected chi connectivity index (χ4v) is 3.47. The number of tetrazole rings is 1. The molecule has 0 amide bonds. The van der Waals surface area contributed by atoms with Gasteiger partial charge in [-0.2, -0.15) is 0 Å². The monoisotopic (exact) mass is 305 g/mol. The van der Waals surface area contributed by atoms with Gasteiger partial charge >= 0.3 is 0 Å². The molecule has 1 aliphatic carbocycles. The van der Waals surface area contributed by atoms with Gasteiger partial charge in [0.2, 0.25) is 0 Å². The quantitative estimate of drug-likeness (QED) is 0.877. The highest BCUT2D eigenvalue weighted by atomic mass is 35.5. The van der Waals surface area contributed by atoms with Crippen molar-refractivity contribution in [1.29, 1.82) is 0 Å². The second kappa shape index (κ2) is 6.02. The average molecular weight is 306 g/mol. The molecule has 1 aliphatic rings. The number of halogens is 1. The number of nitrogens with zero attached hydrogens (tertiary/aromatic N) is 4. The van der Waals surface area contributed by atoms with E-state index in [1.54, 1.807) is 6.07 Å². The van der Waals surface area contributed by atoms with E-state index in [0.717, 1.165) is 30.1 Å². The molecule has 2 atom stereocenters. The lowest BCUT2D eigenvalue weighted by molar-refractivity contribution is 0.246. The minimum atomic E-state index is 0.369. The summed E-state index contributed by atoms with van der Waals surface area (Å²) in [5, 5.41) is 12.9. The van der Waals surface area contributed by atoms with Crippen molar-refractivity contribution in [2.45, 2.75) is 45.1 Å². The van der Waals surface area contributed by atoms with Gasteiger partial charge in [-0.3, -0.25) is 0 Å². The molecule has 0 aliphatic heterocycles. The molecule has 1 fully saturated rings. The van der Waals surface area contributed by atoms with Crippen LogP contribution in [-0.4, -0.2) is 20.2 Å². The van der Waals surface area contributed by atoms with Crippen LogP contribution in [0.4, 0.5) is 5.69 Å². The molecular weight excluding hydrogens is 286 g/mol. The summed E-state index contributed by atoms with van der Waals surface area (Å²) in [4.78, 5) is 0. The second-order valence-corrected chi connectivity index (χ2v) is 6.25. The van der Waals surface area contributed by atoms with Gasteiger partial charge in [-0.25, -0.2) is 4.68 Å². The van der Waals surface area contributed by atoms with Crippen LogP contribution in [0.2, 0.25) is 5.02 Å². The van der Waals surface area contributed by atoms with E-state index in [1.165, 1.54) is 19.3 Å². The minimum Gasteiger partial charge on any atom is -0.399 e. The van der Waals surface area contributed by atoms with Crippen molar-refractivity contribution in [1.82, 2.24) is 20.2 Å². The molecule has 2 unspecified atom stereocenters. The molecule has 1 heterocycles. The Morgan fingerprint density at radius 2 is 2.19 bits per heavy atom. The zero-order valence-electron chi connectivity index (χ0n) is 12.2. The molecular formula is C15H20ClN5. The van der Waals surface area contributed by atoms with E-state index >= 15 is 0 Å². The first-order valence-electron chi connectivity index (χ1n) is 7.51. The van der Waals surface area contributed by atoms with Gasteiger partial charge < -0.3 is 5.73 Å². The maximum Gasteiger partial charge on any atom is 0.182 e. The lowest BCUT2D eigenvalue weighted by Crippen LogP contribution is -2.20. The summed E-state index contributed by atoms with van der Waals surface area (Å²) in [6.07, 6.45) is 6.04. The number of anilines is 1. The molecule has 1 aromatic carbocycles. The van der Waals surface area contributed by atoms with Crippen LogP contribution in [0.3, 0.4) is 0 Å². The molecule has 1 saturated carbocycles. The van der Waals surface area contributed by atoms with E-state index in [-0.39, 0.29) is 0 Å². The van der Waals surface area contributed by atoms with Crippen LogP contribution < -0.4 is 5.73 Å². The summed E-state index contributed by atoms with van der Waals surface area (Å²) < 4.78 is 1.95. The SMILES string of the molecule is CCC1CCCC(n2nnnc2-c2cc(N)cc(Cl)c2)C1. The van der Waals surface area contributed by atoms with E-state index in [4.69, 9.17) is 17.3 Å². The zero-order valence-corrected chi connectivity index (χ0v) is 12.9. The maximum absolute atomic E-state index is 6.09. The largest absolute Gasteiger partial charge is 0.399 e. The van der Waals surface area contributed by atoms with Crippen LogP contribution in [0, 0.1) is 5.92 Å². The maximum atomic E-state index is 6.09. The summed E-state index contributed by atoms with van der Waals surface area (Å²) in [6, 6.07) is 5.83. The van der Waals surface area contributed by atoms with Crippen molar-refractivity contribution in [3.63, 3.8) is 0 Å². The second-order valence-electron chi connectivity index (χ2n) is 5.82. The number of nitrogen functional groups attached to an aromatic ring is 1. The predicted molar refractivity (Wildman–Crippen MR) is 84.0 cm³/mol. The molecule has 112 valence electrons. The Kier molecular flexibility index (Phi) is 4.10. The van der Waals surface area contributed by atoms with E-state index in [0.29, 0.717) is 16.8 Å². The Bertz CT molecular complexity index is 604. The van der Waals surface area contributed by atoms with Crippen molar-refractivity contribution in [2.75, 3.05) is 5.73 Å². The molecule has 3 rings (SSSR count).